The number of dihydropyridines is 1. The number of nitro benzene ring substituents is 1. The van der Waals surface area contributed by atoms with Gasteiger partial charge in [0.15, 0.2) is 0 Å². The zero-order valence-corrected chi connectivity index (χ0v) is 17.3. The summed E-state index contributed by atoms with van der Waals surface area (Å²) in [5.74, 6) is -2.00. The molecule has 29 heavy (non-hydrogen) atoms. The largest absolute Gasteiger partial charge is 0.462 e. The van der Waals surface area contributed by atoms with Gasteiger partial charge in [-0.15, -0.1) is 0 Å². The summed E-state index contributed by atoms with van der Waals surface area (Å²) in [6, 6.07) is 5.91. The van der Waals surface area contributed by atoms with Crippen LogP contribution in [0.3, 0.4) is 0 Å². The smallest absolute Gasteiger partial charge is 0.337 e. The SMILES string of the molecule is CCCOC(=O)C1=C(C)NC(C)=C(C(=O)OC(C)C)C1c1cccc([N+](=O)[O-])c1. The molecule has 1 heterocycles. The second-order valence-corrected chi connectivity index (χ2v) is 7.08. The Kier molecular flexibility index (Phi) is 7.14. The van der Waals surface area contributed by atoms with Gasteiger partial charge in [-0.3, -0.25) is 10.1 Å². The molecule has 0 saturated heterocycles. The molecule has 0 bridgehead atoms. The van der Waals surface area contributed by atoms with Crippen LogP contribution in [0, 0.1) is 10.1 Å². The molecule has 8 nitrogen and oxygen atoms in total. The van der Waals surface area contributed by atoms with Crippen LogP contribution in [0.2, 0.25) is 0 Å². The number of hydrogen-bond acceptors (Lipinski definition) is 7. The maximum absolute atomic E-state index is 12.9. The lowest BCUT2D eigenvalue weighted by Crippen LogP contribution is -2.33. The van der Waals surface area contributed by atoms with Crippen LogP contribution < -0.4 is 5.32 Å². The number of ether oxygens (including phenoxy) is 2. The van der Waals surface area contributed by atoms with E-state index in [1.54, 1.807) is 33.8 Å². The quantitative estimate of drug-likeness (QED) is 0.420. The number of nitrogens with zero attached hydrogens (tertiary/aromatic N) is 1. The van der Waals surface area contributed by atoms with Gasteiger partial charge in [0.2, 0.25) is 0 Å². The van der Waals surface area contributed by atoms with Gasteiger partial charge in [-0.2, -0.15) is 0 Å². The molecule has 1 aliphatic rings. The van der Waals surface area contributed by atoms with E-state index >= 15 is 0 Å². The summed E-state index contributed by atoms with van der Waals surface area (Å²) in [6.45, 7) is 8.97. The van der Waals surface area contributed by atoms with Gasteiger partial charge in [0.05, 0.1) is 34.7 Å². The van der Waals surface area contributed by atoms with Crippen LogP contribution in [-0.4, -0.2) is 29.6 Å². The monoisotopic (exact) mass is 402 g/mol. The maximum Gasteiger partial charge on any atom is 0.337 e. The Morgan fingerprint density at radius 3 is 2.34 bits per heavy atom. The van der Waals surface area contributed by atoms with E-state index in [1.165, 1.54) is 18.2 Å². The number of carbonyl (C=O) groups excluding carboxylic acids is 2. The lowest BCUT2D eigenvalue weighted by Gasteiger charge is -2.30. The van der Waals surface area contributed by atoms with E-state index in [2.05, 4.69) is 5.32 Å². The van der Waals surface area contributed by atoms with E-state index in [4.69, 9.17) is 9.47 Å². The Bertz CT molecular complexity index is 885. The highest BCUT2D eigenvalue weighted by atomic mass is 16.6. The van der Waals surface area contributed by atoms with Crippen LogP contribution in [0.5, 0.6) is 0 Å². The molecule has 1 atom stereocenters. The standard InChI is InChI=1S/C21H26N2O6/c1-6-10-28-20(24)17-13(4)22-14(5)18(21(25)29-12(2)3)19(17)15-8-7-9-16(11-15)23(26)27/h7-9,11-12,19,22H,6,10H2,1-5H3. The van der Waals surface area contributed by atoms with Crippen LogP contribution >= 0.6 is 0 Å². The van der Waals surface area contributed by atoms with Crippen LogP contribution in [-0.2, 0) is 19.1 Å². The zero-order chi connectivity index (χ0) is 21.7. The number of carbonyl (C=O) groups is 2. The zero-order valence-electron chi connectivity index (χ0n) is 17.3. The van der Waals surface area contributed by atoms with Gasteiger partial charge in [0, 0.05) is 23.5 Å². The van der Waals surface area contributed by atoms with Gasteiger partial charge in [-0.05, 0) is 39.7 Å². The minimum Gasteiger partial charge on any atom is -0.462 e. The number of nitrogens with one attached hydrogen (secondary N) is 1. The molecule has 1 unspecified atom stereocenters. The van der Waals surface area contributed by atoms with Gasteiger partial charge in [0.25, 0.3) is 5.69 Å². The normalized spacial score (nSPS) is 16.6. The van der Waals surface area contributed by atoms with Gasteiger partial charge in [0.1, 0.15) is 0 Å². The van der Waals surface area contributed by atoms with Crippen molar-refractivity contribution in [2.75, 3.05) is 6.61 Å². The second-order valence-electron chi connectivity index (χ2n) is 7.08. The third-order valence-corrected chi connectivity index (χ3v) is 4.39. The Balaban J connectivity index is 2.65. The molecule has 0 aromatic heterocycles. The molecule has 0 radical (unpaired) electrons. The molecule has 156 valence electrons. The van der Waals surface area contributed by atoms with E-state index in [0.29, 0.717) is 23.4 Å². The molecule has 0 aliphatic carbocycles. The van der Waals surface area contributed by atoms with Gasteiger partial charge < -0.3 is 14.8 Å². The van der Waals surface area contributed by atoms with E-state index in [9.17, 15) is 19.7 Å². The molecule has 8 heteroatoms. The van der Waals surface area contributed by atoms with Crippen molar-refractivity contribution in [3.05, 3.63) is 62.5 Å². The Morgan fingerprint density at radius 1 is 1.17 bits per heavy atom. The highest BCUT2D eigenvalue weighted by Gasteiger charge is 2.38. The van der Waals surface area contributed by atoms with E-state index in [1.807, 2.05) is 6.92 Å². The van der Waals surface area contributed by atoms with Gasteiger partial charge in [-0.25, -0.2) is 9.59 Å². The average molecular weight is 402 g/mol. The first-order chi connectivity index (χ1) is 13.7. The number of non-ortho nitro benzene ring substituents is 1. The molecule has 0 fully saturated rings. The van der Waals surface area contributed by atoms with Gasteiger partial charge in [-0.1, -0.05) is 19.1 Å². The fourth-order valence-electron chi connectivity index (χ4n) is 3.24. The molecule has 2 rings (SSSR count). The summed E-state index contributed by atoms with van der Waals surface area (Å²) in [5.41, 5.74) is 1.83. The van der Waals surface area contributed by atoms with Crippen LogP contribution in [0.15, 0.2) is 46.8 Å². The number of nitro groups is 1. The third-order valence-electron chi connectivity index (χ3n) is 4.39. The van der Waals surface area contributed by atoms with Crippen molar-refractivity contribution in [1.82, 2.24) is 5.32 Å². The van der Waals surface area contributed by atoms with Crippen LogP contribution in [0.4, 0.5) is 5.69 Å². The van der Waals surface area contributed by atoms with Crippen molar-refractivity contribution < 1.29 is 24.0 Å². The fraction of sp³-hybridized carbons (Fsp3) is 0.429. The van der Waals surface area contributed by atoms with Crippen molar-refractivity contribution in [2.45, 2.75) is 53.1 Å². The molecule has 0 spiro atoms. The average Bonchev–Trinajstić information content (AvgIpc) is 2.64. The highest BCUT2D eigenvalue weighted by Crippen LogP contribution is 2.40. The third kappa shape index (κ3) is 5.01. The highest BCUT2D eigenvalue weighted by molar-refractivity contribution is 6.00. The molecular weight excluding hydrogens is 376 g/mol. The van der Waals surface area contributed by atoms with E-state index < -0.39 is 22.8 Å². The number of allylic oxidation sites excluding steroid dienone is 2. The predicted molar refractivity (Wildman–Crippen MR) is 107 cm³/mol. The summed E-state index contributed by atoms with van der Waals surface area (Å²) in [6.07, 6.45) is 0.278. The number of rotatable bonds is 7. The topological polar surface area (TPSA) is 108 Å². The molecule has 0 saturated carbocycles. The number of hydrogen-bond donors (Lipinski definition) is 1. The predicted octanol–water partition coefficient (Wildman–Crippen LogP) is 3.73. The second kappa shape index (κ2) is 9.36. The minimum absolute atomic E-state index is 0.130. The lowest BCUT2D eigenvalue weighted by atomic mass is 9.80. The van der Waals surface area contributed by atoms with Crippen molar-refractivity contribution in [3.8, 4) is 0 Å². The lowest BCUT2D eigenvalue weighted by molar-refractivity contribution is -0.384. The van der Waals surface area contributed by atoms with Crippen molar-refractivity contribution in [1.29, 1.82) is 0 Å². The minimum atomic E-state index is -0.841. The first-order valence-corrected chi connectivity index (χ1v) is 9.48. The summed E-state index contributed by atoms with van der Waals surface area (Å²) in [5, 5.41) is 14.3. The van der Waals surface area contributed by atoms with Crippen molar-refractivity contribution in [2.24, 2.45) is 0 Å². The van der Waals surface area contributed by atoms with Gasteiger partial charge >= 0.3 is 11.9 Å². The molecule has 0 amide bonds. The maximum atomic E-state index is 12.9. The van der Waals surface area contributed by atoms with E-state index in [0.717, 1.165) is 0 Å². The molecule has 1 N–H and O–H groups in total. The summed E-state index contributed by atoms with van der Waals surface area (Å²) >= 11 is 0. The Morgan fingerprint density at radius 2 is 1.79 bits per heavy atom. The summed E-state index contributed by atoms with van der Waals surface area (Å²) in [4.78, 5) is 36.5. The first kappa shape index (κ1) is 22.1. The first-order valence-electron chi connectivity index (χ1n) is 9.48. The molecule has 1 aliphatic heterocycles. The number of esters is 2. The summed E-state index contributed by atoms with van der Waals surface area (Å²) in [7, 11) is 0. The van der Waals surface area contributed by atoms with Crippen molar-refractivity contribution >= 4 is 17.6 Å². The van der Waals surface area contributed by atoms with E-state index in [-0.39, 0.29) is 29.5 Å². The van der Waals surface area contributed by atoms with Crippen LogP contribution in [0.1, 0.15) is 52.5 Å². The Labute approximate surface area is 169 Å². The fourth-order valence-corrected chi connectivity index (χ4v) is 3.24. The molecular formula is C21H26N2O6. The molecule has 1 aromatic rings. The van der Waals surface area contributed by atoms with Crippen LogP contribution in [0.25, 0.3) is 0 Å². The van der Waals surface area contributed by atoms with Crippen molar-refractivity contribution in [3.63, 3.8) is 0 Å². The summed E-state index contributed by atoms with van der Waals surface area (Å²) < 4.78 is 10.7. The number of benzene rings is 1. The molecule has 1 aromatic carbocycles. The Hall–Kier alpha value is -3.16.